The standard InChI is InChI=1S/C8H8N4O2S/c1-2-14-8(13)7-6(10-12-11-7)5-3-9-15-4-5/h3-4H,2H2,1H3,(H,10,11,12). The molecule has 0 spiro atoms. The Balaban J connectivity index is 2.34. The lowest BCUT2D eigenvalue weighted by Crippen LogP contribution is -2.06. The van der Waals surface area contributed by atoms with E-state index in [-0.39, 0.29) is 5.69 Å². The number of carbonyl (C=O) groups is 1. The molecule has 7 heteroatoms. The van der Waals surface area contributed by atoms with Crippen molar-refractivity contribution in [3.8, 4) is 11.3 Å². The summed E-state index contributed by atoms with van der Waals surface area (Å²) in [7, 11) is 0. The topological polar surface area (TPSA) is 80.8 Å². The van der Waals surface area contributed by atoms with E-state index in [0.717, 1.165) is 5.56 Å². The number of hydrogen-bond acceptors (Lipinski definition) is 6. The van der Waals surface area contributed by atoms with Crippen LogP contribution in [-0.2, 0) is 4.74 Å². The van der Waals surface area contributed by atoms with Gasteiger partial charge in [-0.2, -0.15) is 10.3 Å². The van der Waals surface area contributed by atoms with Crippen LogP contribution in [0.15, 0.2) is 11.6 Å². The normalized spacial score (nSPS) is 10.2. The molecule has 15 heavy (non-hydrogen) atoms. The van der Waals surface area contributed by atoms with Gasteiger partial charge in [0.15, 0.2) is 5.69 Å². The highest BCUT2D eigenvalue weighted by molar-refractivity contribution is 7.03. The second-order valence-electron chi connectivity index (χ2n) is 2.65. The minimum Gasteiger partial charge on any atom is -0.461 e. The van der Waals surface area contributed by atoms with Gasteiger partial charge in [0.2, 0.25) is 0 Å². The number of esters is 1. The van der Waals surface area contributed by atoms with E-state index in [1.54, 1.807) is 18.5 Å². The zero-order valence-corrected chi connectivity index (χ0v) is 8.74. The van der Waals surface area contributed by atoms with Gasteiger partial charge in [-0.3, -0.25) is 0 Å². The van der Waals surface area contributed by atoms with Crippen LogP contribution < -0.4 is 0 Å². The van der Waals surface area contributed by atoms with Gasteiger partial charge in [-0.15, -0.1) is 5.10 Å². The van der Waals surface area contributed by atoms with Gasteiger partial charge < -0.3 is 4.74 Å². The van der Waals surface area contributed by atoms with E-state index in [0.29, 0.717) is 12.3 Å². The first kappa shape index (κ1) is 9.78. The first-order valence-electron chi connectivity index (χ1n) is 4.30. The van der Waals surface area contributed by atoms with Crippen molar-refractivity contribution in [2.45, 2.75) is 6.92 Å². The van der Waals surface area contributed by atoms with Crippen molar-refractivity contribution < 1.29 is 9.53 Å². The summed E-state index contributed by atoms with van der Waals surface area (Å²) in [6, 6.07) is 0. The Morgan fingerprint density at radius 2 is 2.47 bits per heavy atom. The van der Waals surface area contributed by atoms with E-state index in [1.807, 2.05) is 0 Å². The fourth-order valence-corrected chi connectivity index (χ4v) is 1.62. The summed E-state index contributed by atoms with van der Waals surface area (Å²) in [5, 5.41) is 11.8. The smallest absolute Gasteiger partial charge is 0.361 e. The second-order valence-corrected chi connectivity index (χ2v) is 3.31. The molecular weight excluding hydrogens is 216 g/mol. The third kappa shape index (κ3) is 1.86. The van der Waals surface area contributed by atoms with E-state index in [2.05, 4.69) is 19.8 Å². The summed E-state index contributed by atoms with van der Waals surface area (Å²) in [5.41, 5.74) is 1.43. The molecule has 2 heterocycles. The van der Waals surface area contributed by atoms with Crippen LogP contribution in [-0.4, -0.2) is 32.4 Å². The van der Waals surface area contributed by atoms with Crippen molar-refractivity contribution in [3.05, 3.63) is 17.3 Å². The van der Waals surface area contributed by atoms with Crippen LogP contribution in [0.1, 0.15) is 17.4 Å². The maximum absolute atomic E-state index is 11.5. The molecule has 0 unspecified atom stereocenters. The van der Waals surface area contributed by atoms with Gasteiger partial charge in [-0.25, -0.2) is 9.17 Å². The molecule has 78 valence electrons. The predicted octanol–water partition coefficient (Wildman–Crippen LogP) is 1.10. The maximum atomic E-state index is 11.5. The lowest BCUT2D eigenvalue weighted by Gasteiger charge is -1.98. The Labute approximate surface area is 89.4 Å². The summed E-state index contributed by atoms with van der Waals surface area (Å²) in [6.07, 6.45) is 1.63. The summed E-state index contributed by atoms with van der Waals surface area (Å²) < 4.78 is 8.78. The molecule has 0 bridgehead atoms. The maximum Gasteiger partial charge on any atom is 0.361 e. The van der Waals surface area contributed by atoms with Crippen LogP contribution in [0, 0.1) is 0 Å². The summed E-state index contributed by atoms with van der Waals surface area (Å²) in [6.45, 7) is 2.05. The average molecular weight is 224 g/mol. The van der Waals surface area contributed by atoms with Crippen molar-refractivity contribution in [2.24, 2.45) is 0 Å². The molecule has 0 atom stereocenters. The molecule has 0 aliphatic carbocycles. The highest BCUT2D eigenvalue weighted by Crippen LogP contribution is 2.20. The highest BCUT2D eigenvalue weighted by Gasteiger charge is 2.19. The molecule has 0 aliphatic rings. The van der Waals surface area contributed by atoms with E-state index >= 15 is 0 Å². The number of nitrogens with one attached hydrogen (secondary N) is 1. The monoisotopic (exact) mass is 224 g/mol. The molecule has 6 nitrogen and oxygen atoms in total. The van der Waals surface area contributed by atoms with Crippen LogP contribution in [0.5, 0.6) is 0 Å². The summed E-state index contributed by atoms with van der Waals surface area (Å²) in [4.78, 5) is 11.5. The lowest BCUT2D eigenvalue weighted by molar-refractivity contribution is 0.0520. The number of aromatic amines is 1. The van der Waals surface area contributed by atoms with Gasteiger partial charge in [0.05, 0.1) is 12.8 Å². The summed E-state index contributed by atoms with van der Waals surface area (Å²) >= 11 is 1.29. The third-order valence-corrected chi connectivity index (χ3v) is 2.31. The zero-order chi connectivity index (χ0) is 10.7. The van der Waals surface area contributed by atoms with Gasteiger partial charge in [-0.1, -0.05) is 0 Å². The van der Waals surface area contributed by atoms with Gasteiger partial charge >= 0.3 is 5.97 Å². The first-order chi connectivity index (χ1) is 7.33. The minimum atomic E-state index is -0.479. The number of nitrogens with zero attached hydrogens (tertiary/aromatic N) is 3. The fraction of sp³-hybridized carbons (Fsp3) is 0.250. The molecule has 2 aromatic heterocycles. The van der Waals surface area contributed by atoms with Crippen LogP contribution in [0.2, 0.25) is 0 Å². The van der Waals surface area contributed by atoms with Gasteiger partial charge in [0.25, 0.3) is 0 Å². The molecule has 0 radical (unpaired) electrons. The number of hydrogen-bond donors (Lipinski definition) is 1. The molecule has 0 saturated heterocycles. The van der Waals surface area contributed by atoms with Crippen LogP contribution >= 0.6 is 11.5 Å². The Morgan fingerprint density at radius 1 is 1.60 bits per heavy atom. The Morgan fingerprint density at radius 3 is 3.13 bits per heavy atom. The highest BCUT2D eigenvalue weighted by atomic mass is 32.1. The van der Waals surface area contributed by atoms with E-state index in [4.69, 9.17) is 4.74 Å². The second kappa shape index (κ2) is 4.18. The van der Waals surface area contributed by atoms with E-state index < -0.39 is 5.97 Å². The van der Waals surface area contributed by atoms with Crippen LogP contribution in [0.3, 0.4) is 0 Å². The number of ether oxygens (including phenoxy) is 1. The molecule has 0 amide bonds. The van der Waals surface area contributed by atoms with Crippen molar-refractivity contribution >= 4 is 17.5 Å². The zero-order valence-electron chi connectivity index (χ0n) is 7.93. The van der Waals surface area contributed by atoms with Crippen molar-refractivity contribution in [1.82, 2.24) is 19.8 Å². The number of aromatic nitrogens is 4. The number of carbonyl (C=O) groups excluding carboxylic acids is 1. The number of H-pyrrole nitrogens is 1. The Bertz CT molecular complexity index is 451. The Hall–Kier alpha value is -1.76. The fourth-order valence-electron chi connectivity index (χ4n) is 1.10. The van der Waals surface area contributed by atoms with Gasteiger partial charge in [0.1, 0.15) is 5.69 Å². The number of rotatable bonds is 3. The lowest BCUT2D eigenvalue weighted by atomic mass is 10.2. The Kier molecular flexibility index (Phi) is 2.72. The van der Waals surface area contributed by atoms with Gasteiger partial charge in [0, 0.05) is 10.9 Å². The minimum absolute atomic E-state index is 0.192. The molecule has 2 aromatic rings. The molecule has 0 aliphatic heterocycles. The van der Waals surface area contributed by atoms with E-state index in [1.165, 1.54) is 11.5 Å². The molecule has 0 aromatic carbocycles. The molecule has 2 rings (SSSR count). The molecule has 0 fully saturated rings. The van der Waals surface area contributed by atoms with Crippen LogP contribution in [0.25, 0.3) is 11.3 Å². The van der Waals surface area contributed by atoms with Gasteiger partial charge in [-0.05, 0) is 18.5 Å². The van der Waals surface area contributed by atoms with E-state index in [9.17, 15) is 4.79 Å². The van der Waals surface area contributed by atoms with Crippen LogP contribution in [0.4, 0.5) is 0 Å². The largest absolute Gasteiger partial charge is 0.461 e. The van der Waals surface area contributed by atoms with Crippen molar-refractivity contribution in [3.63, 3.8) is 0 Å². The predicted molar refractivity (Wildman–Crippen MR) is 53.4 cm³/mol. The average Bonchev–Trinajstić information content (AvgIpc) is 2.88. The quantitative estimate of drug-likeness (QED) is 0.790. The molecule has 1 N–H and O–H groups in total. The van der Waals surface area contributed by atoms with Crippen molar-refractivity contribution in [2.75, 3.05) is 6.61 Å². The van der Waals surface area contributed by atoms with Crippen molar-refractivity contribution in [1.29, 1.82) is 0 Å². The summed E-state index contributed by atoms with van der Waals surface area (Å²) in [5.74, 6) is -0.479. The molecular formula is C8H8N4O2S. The first-order valence-corrected chi connectivity index (χ1v) is 5.14. The molecule has 0 saturated carbocycles. The SMILES string of the molecule is CCOC(=O)c1n[nH]nc1-c1cnsc1. The third-order valence-electron chi connectivity index (χ3n) is 1.72.